The number of rotatable bonds is 3. The SMILES string of the molecule is Cc1c(Cl)nnc(NCc2cccc(F)c2)c1C. The van der Waals surface area contributed by atoms with E-state index < -0.39 is 0 Å². The maximum atomic E-state index is 13.0. The molecule has 0 saturated heterocycles. The third-order valence-electron chi connectivity index (χ3n) is 2.81. The molecule has 2 rings (SSSR count). The highest BCUT2D eigenvalue weighted by molar-refractivity contribution is 6.30. The number of nitrogens with one attached hydrogen (secondary N) is 1. The summed E-state index contributed by atoms with van der Waals surface area (Å²) < 4.78 is 13.0. The lowest BCUT2D eigenvalue weighted by atomic mass is 10.2. The molecule has 2 aromatic rings. The van der Waals surface area contributed by atoms with E-state index in [1.54, 1.807) is 6.07 Å². The van der Waals surface area contributed by atoms with Crippen LogP contribution in [0.4, 0.5) is 10.2 Å². The third-order valence-corrected chi connectivity index (χ3v) is 3.17. The van der Waals surface area contributed by atoms with Crippen LogP contribution in [0.2, 0.25) is 5.15 Å². The van der Waals surface area contributed by atoms with Crippen LogP contribution in [0.25, 0.3) is 0 Å². The van der Waals surface area contributed by atoms with Crippen LogP contribution in [-0.4, -0.2) is 10.2 Å². The van der Waals surface area contributed by atoms with E-state index in [9.17, 15) is 4.39 Å². The molecule has 0 aliphatic heterocycles. The normalized spacial score (nSPS) is 10.4. The molecule has 0 amide bonds. The second kappa shape index (κ2) is 5.31. The molecule has 0 unspecified atom stereocenters. The summed E-state index contributed by atoms with van der Waals surface area (Å²) in [4.78, 5) is 0. The van der Waals surface area contributed by atoms with Crippen molar-refractivity contribution in [2.45, 2.75) is 20.4 Å². The first-order valence-corrected chi connectivity index (χ1v) is 5.93. The average molecular weight is 266 g/mol. The van der Waals surface area contributed by atoms with E-state index in [4.69, 9.17) is 11.6 Å². The number of nitrogens with zero attached hydrogens (tertiary/aromatic N) is 2. The quantitative estimate of drug-likeness (QED) is 0.923. The highest BCUT2D eigenvalue weighted by Crippen LogP contribution is 2.20. The molecule has 1 heterocycles. The minimum Gasteiger partial charge on any atom is -0.364 e. The number of halogens is 2. The van der Waals surface area contributed by atoms with E-state index in [1.807, 2.05) is 19.9 Å². The molecule has 0 aliphatic carbocycles. The second-order valence-corrected chi connectivity index (χ2v) is 4.43. The first-order valence-electron chi connectivity index (χ1n) is 5.55. The summed E-state index contributed by atoms with van der Waals surface area (Å²) in [6.07, 6.45) is 0. The van der Waals surface area contributed by atoms with Gasteiger partial charge in [0.1, 0.15) is 5.82 Å². The lowest BCUT2D eigenvalue weighted by Crippen LogP contribution is -2.06. The van der Waals surface area contributed by atoms with E-state index in [0.717, 1.165) is 16.7 Å². The Morgan fingerprint density at radius 2 is 2.00 bits per heavy atom. The van der Waals surface area contributed by atoms with E-state index in [0.29, 0.717) is 17.5 Å². The number of aromatic nitrogens is 2. The molecule has 0 radical (unpaired) electrons. The van der Waals surface area contributed by atoms with Gasteiger partial charge in [0, 0.05) is 6.54 Å². The summed E-state index contributed by atoms with van der Waals surface area (Å²) in [6, 6.07) is 6.43. The predicted octanol–water partition coefficient (Wildman–Crippen LogP) is 3.50. The Labute approximate surface area is 110 Å². The van der Waals surface area contributed by atoms with Gasteiger partial charge in [0.15, 0.2) is 11.0 Å². The Morgan fingerprint density at radius 1 is 1.22 bits per heavy atom. The van der Waals surface area contributed by atoms with Crippen LogP contribution in [0.15, 0.2) is 24.3 Å². The van der Waals surface area contributed by atoms with Gasteiger partial charge < -0.3 is 5.32 Å². The standard InChI is InChI=1S/C13H13ClFN3/c1-8-9(2)13(18-17-12(8)14)16-7-10-4-3-5-11(15)6-10/h3-6H,7H2,1-2H3,(H,16,18). The van der Waals surface area contributed by atoms with Gasteiger partial charge in [-0.2, -0.15) is 0 Å². The molecule has 0 saturated carbocycles. The average Bonchev–Trinajstić information content (AvgIpc) is 2.35. The van der Waals surface area contributed by atoms with Crippen LogP contribution in [0.3, 0.4) is 0 Å². The summed E-state index contributed by atoms with van der Waals surface area (Å²) in [6.45, 7) is 4.30. The van der Waals surface area contributed by atoms with Crippen molar-refractivity contribution in [2.75, 3.05) is 5.32 Å². The zero-order chi connectivity index (χ0) is 13.1. The molecule has 5 heteroatoms. The lowest BCUT2D eigenvalue weighted by molar-refractivity contribution is 0.626. The largest absolute Gasteiger partial charge is 0.364 e. The van der Waals surface area contributed by atoms with E-state index in [-0.39, 0.29) is 5.82 Å². The molecule has 0 spiro atoms. The first kappa shape index (κ1) is 12.8. The Kier molecular flexibility index (Phi) is 3.77. The zero-order valence-electron chi connectivity index (χ0n) is 10.2. The summed E-state index contributed by atoms with van der Waals surface area (Å²) in [5.41, 5.74) is 2.70. The Bertz CT molecular complexity index is 572. The van der Waals surface area contributed by atoms with Gasteiger partial charge in [-0.1, -0.05) is 23.7 Å². The minimum atomic E-state index is -0.246. The molecular weight excluding hydrogens is 253 g/mol. The van der Waals surface area contributed by atoms with E-state index in [2.05, 4.69) is 15.5 Å². The third kappa shape index (κ3) is 2.76. The fourth-order valence-electron chi connectivity index (χ4n) is 1.58. The summed E-state index contributed by atoms with van der Waals surface area (Å²) in [5.74, 6) is 0.422. The van der Waals surface area contributed by atoms with Gasteiger partial charge in [-0.05, 0) is 42.7 Å². The number of anilines is 1. The minimum absolute atomic E-state index is 0.246. The Morgan fingerprint density at radius 3 is 2.72 bits per heavy atom. The van der Waals surface area contributed by atoms with Crippen molar-refractivity contribution < 1.29 is 4.39 Å². The van der Waals surface area contributed by atoms with Crippen molar-refractivity contribution in [2.24, 2.45) is 0 Å². The van der Waals surface area contributed by atoms with Gasteiger partial charge in [0.25, 0.3) is 0 Å². The van der Waals surface area contributed by atoms with E-state index >= 15 is 0 Å². The van der Waals surface area contributed by atoms with Crippen LogP contribution in [0.5, 0.6) is 0 Å². The van der Waals surface area contributed by atoms with Crippen molar-refractivity contribution >= 4 is 17.4 Å². The molecule has 0 bridgehead atoms. The number of hydrogen-bond acceptors (Lipinski definition) is 3. The van der Waals surface area contributed by atoms with E-state index in [1.165, 1.54) is 12.1 Å². The summed E-state index contributed by atoms with van der Waals surface area (Å²) in [7, 11) is 0. The molecule has 0 fully saturated rings. The zero-order valence-corrected chi connectivity index (χ0v) is 10.9. The van der Waals surface area contributed by atoms with Crippen molar-refractivity contribution in [3.63, 3.8) is 0 Å². The van der Waals surface area contributed by atoms with Gasteiger partial charge in [0.2, 0.25) is 0 Å². The highest BCUT2D eigenvalue weighted by Gasteiger charge is 2.07. The van der Waals surface area contributed by atoms with Crippen molar-refractivity contribution in [3.8, 4) is 0 Å². The Hall–Kier alpha value is -1.68. The molecule has 1 aromatic carbocycles. The number of hydrogen-bond donors (Lipinski definition) is 1. The van der Waals surface area contributed by atoms with Crippen LogP contribution < -0.4 is 5.32 Å². The van der Waals surface area contributed by atoms with Crippen LogP contribution in [0, 0.1) is 19.7 Å². The molecule has 94 valence electrons. The number of benzene rings is 1. The second-order valence-electron chi connectivity index (χ2n) is 4.07. The monoisotopic (exact) mass is 265 g/mol. The van der Waals surface area contributed by atoms with Gasteiger partial charge >= 0.3 is 0 Å². The fourth-order valence-corrected chi connectivity index (χ4v) is 1.76. The molecule has 1 N–H and O–H groups in total. The maximum Gasteiger partial charge on any atom is 0.155 e. The van der Waals surface area contributed by atoms with Crippen molar-refractivity contribution in [1.82, 2.24) is 10.2 Å². The smallest absolute Gasteiger partial charge is 0.155 e. The fraction of sp³-hybridized carbons (Fsp3) is 0.231. The van der Waals surface area contributed by atoms with Crippen LogP contribution in [0.1, 0.15) is 16.7 Å². The topological polar surface area (TPSA) is 37.8 Å². The Balaban J connectivity index is 2.14. The highest BCUT2D eigenvalue weighted by atomic mass is 35.5. The van der Waals surface area contributed by atoms with Crippen LogP contribution >= 0.6 is 11.6 Å². The summed E-state index contributed by atoms with van der Waals surface area (Å²) >= 11 is 5.87. The van der Waals surface area contributed by atoms with Gasteiger partial charge in [-0.25, -0.2) is 4.39 Å². The molecular formula is C13H13ClFN3. The lowest BCUT2D eigenvalue weighted by Gasteiger charge is -2.10. The van der Waals surface area contributed by atoms with Crippen molar-refractivity contribution in [3.05, 3.63) is 51.9 Å². The first-order chi connectivity index (χ1) is 8.58. The van der Waals surface area contributed by atoms with Gasteiger partial charge in [0.05, 0.1) is 0 Å². The molecule has 0 aliphatic rings. The van der Waals surface area contributed by atoms with Gasteiger partial charge in [-0.15, -0.1) is 10.2 Å². The van der Waals surface area contributed by atoms with Crippen LogP contribution in [-0.2, 0) is 6.54 Å². The molecule has 1 aromatic heterocycles. The molecule has 3 nitrogen and oxygen atoms in total. The maximum absolute atomic E-state index is 13.0. The predicted molar refractivity (Wildman–Crippen MR) is 70.2 cm³/mol. The van der Waals surface area contributed by atoms with Crippen molar-refractivity contribution in [1.29, 1.82) is 0 Å². The molecule has 0 atom stereocenters. The molecule has 18 heavy (non-hydrogen) atoms. The summed E-state index contributed by atoms with van der Waals surface area (Å²) in [5, 5.41) is 11.4. The van der Waals surface area contributed by atoms with Gasteiger partial charge in [-0.3, -0.25) is 0 Å².